The SMILES string of the molecule is Cl.O=C(CN1C(=O)NC2(CCCCC2)C1=O)N1CCNCC1. The first-order valence-electron chi connectivity index (χ1n) is 7.75. The third-order valence-electron chi connectivity index (χ3n) is 4.72. The second kappa shape index (κ2) is 6.83. The molecule has 0 bridgehead atoms. The summed E-state index contributed by atoms with van der Waals surface area (Å²) in [6.45, 7) is 2.65. The van der Waals surface area contributed by atoms with Crippen molar-refractivity contribution in [2.45, 2.75) is 37.6 Å². The molecule has 2 aliphatic heterocycles. The van der Waals surface area contributed by atoms with Crippen LogP contribution in [0.15, 0.2) is 0 Å². The molecule has 3 rings (SSSR count). The van der Waals surface area contributed by atoms with Crippen molar-refractivity contribution in [3.63, 3.8) is 0 Å². The monoisotopic (exact) mass is 330 g/mol. The normalized spacial score (nSPS) is 24.2. The van der Waals surface area contributed by atoms with Crippen LogP contribution in [0.4, 0.5) is 4.79 Å². The van der Waals surface area contributed by atoms with E-state index < -0.39 is 11.6 Å². The molecule has 3 aliphatic rings. The maximum atomic E-state index is 12.6. The van der Waals surface area contributed by atoms with Crippen LogP contribution in [0.1, 0.15) is 32.1 Å². The topological polar surface area (TPSA) is 81.8 Å². The number of piperazine rings is 1. The molecule has 3 fully saturated rings. The standard InChI is InChI=1S/C14H22N4O3.ClH/c19-11(17-8-6-15-7-9-17)10-18-12(20)14(16-13(18)21)4-2-1-3-5-14;/h15H,1-10H2,(H,16,21);1H. The predicted octanol–water partition coefficient (Wildman–Crippen LogP) is 0.0947. The molecule has 0 radical (unpaired) electrons. The van der Waals surface area contributed by atoms with Crippen LogP contribution in [-0.2, 0) is 9.59 Å². The maximum absolute atomic E-state index is 12.6. The van der Waals surface area contributed by atoms with Crippen LogP contribution in [0.3, 0.4) is 0 Å². The predicted molar refractivity (Wildman–Crippen MR) is 82.8 cm³/mol. The Labute approximate surface area is 136 Å². The Morgan fingerprint density at radius 2 is 1.73 bits per heavy atom. The van der Waals surface area contributed by atoms with E-state index >= 15 is 0 Å². The smallest absolute Gasteiger partial charge is 0.325 e. The van der Waals surface area contributed by atoms with Gasteiger partial charge < -0.3 is 15.5 Å². The molecule has 1 spiro atoms. The quantitative estimate of drug-likeness (QED) is 0.703. The van der Waals surface area contributed by atoms with Crippen LogP contribution in [0, 0.1) is 0 Å². The molecule has 4 amide bonds. The molecular formula is C14H23ClN4O3. The van der Waals surface area contributed by atoms with Crippen LogP contribution >= 0.6 is 12.4 Å². The number of rotatable bonds is 2. The van der Waals surface area contributed by atoms with Gasteiger partial charge in [0, 0.05) is 26.2 Å². The number of nitrogens with one attached hydrogen (secondary N) is 2. The summed E-state index contributed by atoms with van der Waals surface area (Å²) < 4.78 is 0. The highest BCUT2D eigenvalue weighted by molar-refractivity contribution is 6.09. The highest BCUT2D eigenvalue weighted by Crippen LogP contribution is 2.33. The molecule has 2 N–H and O–H groups in total. The van der Waals surface area contributed by atoms with Gasteiger partial charge in [-0.1, -0.05) is 19.3 Å². The zero-order valence-corrected chi connectivity index (χ0v) is 13.4. The fraction of sp³-hybridized carbons (Fsp3) is 0.786. The summed E-state index contributed by atoms with van der Waals surface area (Å²) >= 11 is 0. The molecule has 1 saturated carbocycles. The second-order valence-electron chi connectivity index (χ2n) is 6.10. The fourth-order valence-corrected chi connectivity index (χ4v) is 3.46. The lowest BCUT2D eigenvalue weighted by Gasteiger charge is -2.31. The number of carbonyl (C=O) groups is 3. The van der Waals surface area contributed by atoms with Gasteiger partial charge in [-0.15, -0.1) is 12.4 Å². The van der Waals surface area contributed by atoms with Crippen LogP contribution < -0.4 is 10.6 Å². The van der Waals surface area contributed by atoms with Crippen molar-refractivity contribution in [2.24, 2.45) is 0 Å². The van der Waals surface area contributed by atoms with Gasteiger partial charge in [0.15, 0.2) is 0 Å². The summed E-state index contributed by atoms with van der Waals surface area (Å²) in [5, 5.41) is 6.01. The van der Waals surface area contributed by atoms with Gasteiger partial charge in [-0.05, 0) is 12.8 Å². The van der Waals surface area contributed by atoms with E-state index in [1.54, 1.807) is 4.90 Å². The Morgan fingerprint density at radius 3 is 2.36 bits per heavy atom. The molecule has 124 valence electrons. The number of halogens is 1. The molecule has 1 aliphatic carbocycles. The summed E-state index contributed by atoms with van der Waals surface area (Å²) in [7, 11) is 0. The van der Waals surface area contributed by atoms with E-state index in [2.05, 4.69) is 10.6 Å². The number of carbonyl (C=O) groups excluding carboxylic acids is 3. The average molecular weight is 331 g/mol. The van der Waals surface area contributed by atoms with Crippen LogP contribution in [0.5, 0.6) is 0 Å². The minimum Gasteiger partial charge on any atom is -0.339 e. The number of hydrogen-bond acceptors (Lipinski definition) is 4. The van der Waals surface area contributed by atoms with Crippen molar-refractivity contribution in [3.8, 4) is 0 Å². The lowest BCUT2D eigenvalue weighted by molar-refractivity contribution is -0.139. The number of urea groups is 1. The molecule has 0 unspecified atom stereocenters. The van der Waals surface area contributed by atoms with E-state index in [1.807, 2.05) is 0 Å². The third kappa shape index (κ3) is 3.05. The van der Waals surface area contributed by atoms with Crippen LogP contribution in [-0.4, -0.2) is 65.9 Å². The summed E-state index contributed by atoms with van der Waals surface area (Å²) in [5.41, 5.74) is -0.737. The minimum atomic E-state index is -0.737. The average Bonchev–Trinajstić information content (AvgIpc) is 2.73. The fourth-order valence-electron chi connectivity index (χ4n) is 3.46. The molecule has 7 nitrogen and oxygen atoms in total. The van der Waals surface area contributed by atoms with E-state index in [9.17, 15) is 14.4 Å². The maximum Gasteiger partial charge on any atom is 0.325 e. The molecule has 0 aromatic heterocycles. The number of imide groups is 1. The Hall–Kier alpha value is -1.34. The summed E-state index contributed by atoms with van der Waals surface area (Å²) in [6.07, 6.45) is 4.38. The highest BCUT2D eigenvalue weighted by Gasteiger charge is 2.51. The molecule has 22 heavy (non-hydrogen) atoms. The van der Waals surface area contributed by atoms with Gasteiger partial charge in [0.05, 0.1) is 0 Å². The van der Waals surface area contributed by atoms with Gasteiger partial charge in [-0.25, -0.2) is 4.79 Å². The van der Waals surface area contributed by atoms with Crippen molar-refractivity contribution in [1.29, 1.82) is 0 Å². The first-order valence-corrected chi connectivity index (χ1v) is 7.75. The third-order valence-corrected chi connectivity index (χ3v) is 4.72. The van der Waals surface area contributed by atoms with Crippen LogP contribution in [0.2, 0.25) is 0 Å². The van der Waals surface area contributed by atoms with Crippen molar-refractivity contribution in [3.05, 3.63) is 0 Å². The van der Waals surface area contributed by atoms with Gasteiger partial charge in [0.2, 0.25) is 5.91 Å². The van der Waals surface area contributed by atoms with E-state index in [-0.39, 0.29) is 30.8 Å². The first kappa shape index (κ1) is 17.0. The molecule has 0 aromatic carbocycles. The van der Waals surface area contributed by atoms with Gasteiger partial charge in [-0.3, -0.25) is 14.5 Å². The van der Waals surface area contributed by atoms with Gasteiger partial charge in [0.25, 0.3) is 5.91 Å². The molecule has 8 heteroatoms. The van der Waals surface area contributed by atoms with Gasteiger partial charge in [-0.2, -0.15) is 0 Å². The van der Waals surface area contributed by atoms with E-state index in [4.69, 9.17) is 0 Å². The van der Waals surface area contributed by atoms with E-state index in [1.165, 1.54) is 0 Å². The Bertz CT molecular complexity index is 459. The Kier molecular flexibility index (Phi) is 5.28. The van der Waals surface area contributed by atoms with Crippen molar-refractivity contribution in [1.82, 2.24) is 20.4 Å². The molecular weight excluding hydrogens is 308 g/mol. The summed E-state index contributed by atoms with van der Waals surface area (Å²) in [5.74, 6) is -0.358. The van der Waals surface area contributed by atoms with Crippen molar-refractivity contribution in [2.75, 3.05) is 32.7 Å². The number of hydrogen-bond donors (Lipinski definition) is 2. The number of amides is 4. The summed E-state index contributed by atoms with van der Waals surface area (Å²) in [4.78, 5) is 39.7. The zero-order valence-electron chi connectivity index (χ0n) is 12.6. The van der Waals surface area contributed by atoms with Crippen LogP contribution in [0.25, 0.3) is 0 Å². The zero-order chi connectivity index (χ0) is 14.9. The first-order chi connectivity index (χ1) is 10.1. The van der Waals surface area contributed by atoms with Gasteiger partial charge in [0.1, 0.15) is 12.1 Å². The van der Waals surface area contributed by atoms with Crippen molar-refractivity contribution >= 4 is 30.3 Å². The Morgan fingerprint density at radius 1 is 1.09 bits per heavy atom. The van der Waals surface area contributed by atoms with Crippen molar-refractivity contribution < 1.29 is 14.4 Å². The number of nitrogens with zero attached hydrogens (tertiary/aromatic N) is 2. The second-order valence-corrected chi connectivity index (χ2v) is 6.10. The molecule has 2 saturated heterocycles. The van der Waals surface area contributed by atoms with E-state index in [0.29, 0.717) is 25.9 Å². The lowest BCUT2D eigenvalue weighted by Crippen LogP contribution is -2.51. The lowest BCUT2D eigenvalue weighted by atomic mass is 9.82. The minimum absolute atomic E-state index is 0. The molecule has 2 heterocycles. The highest BCUT2D eigenvalue weighted by atomic mass is 35.5. The van der Waals surface area contributed by atoms with E-state index in [0.717, 1.165) is 37.3 Å². The summed E-state index contributed by atoms with van der Waals surface area (Å²) in [6, 6.07) is -0.412. The largest absolute Gasteiger partial charge is 0.339 e. The van der Waals surface area contributed by atoms with Gasteiger partial charge >= 0.3 is 6.03 Å². The Balaban J connectivity index is 0.00000176. The molecule has 0 aromatic rings. The molecule has 0 atom stereocenters.